The van der Waals surface area contributed by atoms with Crippen molar-refractivity contribution in [3.63, 3.8) is 0 Å². The molecule has 0 bridgehead atoms. The van der Waals surface area contributed by atoms with Crippen LogP contribution in [0.1, 0.15) is 23.2 Å². The molecule has 6 heteroatoms. The van der Waals surface area contributed by atoms with Crippen molar-refractivity contribution in [2.24, 2.45) is 5.92 Å². The third kappa shape index (κ3) is 3.14. The van der Waals surface area contributed by atoms with E-state index in [0.29, 0.717) is 39.4 Å². The van der Waals surface area contributed by atoms with Gasteiger partial charge in [-0.25, -0.2) is 4.79 Å². The summed E-state index contributed by atoms with van der Waals surface area (Å²) in [6, 6.07) is 7.96. The molecule has 2 fully saturated rings. The highest BCUT2D eigenvalue weighted by Crippen LogP contribution is 2.26. The highest BCUT2D eigenvalue weighted by Gasteiger charge is 2.31. The SMILES string of the molecule is O=C(c1c[nH]c2ccccc12)C1CCN(C(=O)N2CCOCC2)CC1. The number of aromatic nitrogens is 1. The number of fused-ring (bicyclic) bond motifs is 1. The Bertz CT molecular complexity index is 771. The molecule has 0 atom stereocenters. The monoisotopic (exact) mass is 341 g/mol. The summed E-state index contributed by atoms with van der Waals surface area (Å²) in [4.78, 5) is 32.3. The van der Waals surface area contributed by atoms with E-state index in [2.05, 4.69) is 4.98 Å². The van der Waals surface area contributed by atoms with Crippen molar-refractivity contribution in [3.8, 4) is 0 Å². The zero-order valence-electron chi connectivity index (χ0n) is 14.2. The van der Waals surface area contributed by atoms with E-state index in [1.54, 1.807) is 0 Å². The van der Waals surface area contributed by atoms with E-state index in [9.17, 15) is 9.59 Å². The number of carbonyl (C=O) groups excluding carboxylic acids is 2. The fourth-order valence-electron chi connectivity index (χ4n) is 3.78. The molecule has 132 valence electrons. The summed E-state index contributed by atoms with van der Waals surface area (Å²) in [5, 5.41) is 0.985. The number of nitrogens with zero attached hydrogens (tertiary/aromatic N) is 2. The highest BCUT2D eigenvalue weighted by molar-refractivity contribution is 6.08. The number of morpholine rings is 1. The van der Waals surface area contributed by atoms with Crippen LogP contribution in [0, 0.1) is 5.92 Å². The number of nitrogens with one attached hydrogen (secondary N) is 1. The molecular weight excluding hydrogens is 318 g/mol. The largest absolute Gasteiger partial charge is 0.378 e. The van der Waals surface area contributed by atoms with Crippen molar-refractivity contribution in [1.82, 2.24) is 14.8 Å². The smallest absolute Gasteiger partial charge is 0.320 e. The lowest BCUT2D eigenvalue weighted by Crippen LogP contribution is -2.50. The Hall–Kier alpha value is -2.34. The molecule has 2 saturated heterocycles. The van der Waals surface area contributed by atoms with Crippen molar-refractivity contribution in [2.45, 2.75) is 12.8 Å². The summed E-state index contributed by atoms with van der Waals surface area (Å²) >= 11 is 0. The molecule has 25 heavy (non-hydrogen) atoms. The third-order valence-electron chi connectivity index (χ3n) is 5.27. The normalized spacial score (nSPS) is 19.4. The summed E-state index contributed by atoms with van der Waals surface area (Å²) in [7, 11) is 0. The summed E-state index contributed by atoms with van der Waals surface area (Å²) in [5.74, 6) is 0.184. The van der Waals surface area contributed by atoms with Crippen molar-refractivity contribution in [2.75, 3.05) is 39.4 Å². The molecule has 0 unspecified atom stereocenters. The second kappa shape index (κ2) is 6.88. The molecule has 1 N–H and O–H groups in total. The Balaban J connectivity index is 1.39. The maximum absolute atomic E-state index is 12.9. The first-order valence-corrected chi connectivity index (χ1v) is 8.96. The average molecular weight is 341 g/mol. The fraction of sp³-hybridized carbons (Fsp3) is 0.474. The van der Waals surface area contributed by atoms with Gasteiger partial charge < -0.3 is 19.5 Å². The standard InChI is InChI=1S/C19H23N3O3/c23-18(16-13-20-17-4-2-1-3-15(16)17)14-5-7-21(8-6-14)19(24)22-9-11-25-12-10-22/h1-4,13-14,20H,5-12H2. The number of likely N-dealkylation sites (tertiary alicyclic amines) is 1. The van der Waals surface area contributed by atoms with Gasteiger partial charge >= 0.3 is 6.03 Å². The Labute approximate surface area is 146 Å². The van der Waals surface area contributed by atoms with E-state index >= 15 is 0 Å². The Kier molecular flexibility index (Phi) is 4.44. The summed E-state index contributed by atoms with van der Waals surface area (Å²) in [6.07, 6.45) is 3.28. The van der Waals surface area contributed by atoms with Gasteiger partial charge in [-0.05, 0) is 18.9 Å². The van der Waals surface area contributed by atoms with Crippen molar-refractivity contribution in [1.29, 1.82) is 0 Å². The maximum Gasteiger partial charge on any atom is 0.320 e. The van der Waals surface area contributed by atoms with Gasteiger partial charge in [0.25, 0.3) is 0 Å². The quantitative estimate of drug-likeness (QED) is 0.854. The number of hydrogen-bond acceptors (Lipinski definition) is 3. The number of aromatic amines is 1. The van der Waals surface area contributed by atoms with Crippen LogP contribution in [0.3, 0.4) is 0 Å². The molecule has 0 radical (unpaired) electrons. The van der Waals surface area contributed by atoms with Gasteiger partial charge in [-0.2, -0.15) is 0 Å². The van der Waals surface area contributed by atoms with Crippen LogP contribution >= 0.6 is 0 Å². The summed E-state index contributed by atoms with van der Waals surface area (Å²) in [6.45, 7) is 3.84. The molecule has 4 rings (SSSR count). The number of H-pyrrole nitrogens is 1. The van der Waals surface area contributed by atoms with Crippen LogP contribution in [0.15, 0.2) is 30.5 Å². The van der Waals surface area contributed by atoms with E-state index in [1.807, 2.05) is 40.3 Å². The molecule has 1 aromatic carbocycles. The number of ketones is 1. The second-order valence-electron chi connectivity index (χ2n) is 6.76. The van der Waals surface area contributed by atoms with Crippen molar-refractivity contribution < 1.29 is 14.3 Å². The average Bonchev–Trinajstić information content (AvgIpc) is 3.12. The number of amides is 2. The lowest BCUT2D eigenvalue weighted by molar-refractivity contribution is 0.0397. The number of benzene rings is 1. The van der Waals surface area contributed by atoms with Crippen molar-refractivity contribution >= 4 is 22.7 Å². The van der Waals surface area contributed by atoms with E-state index < -0.39 is 0 Å². The first kappa shape index (κ1) is 16.1. The van der Waals surface area contributed by atoms with Gasteiger partial charge in [-0.3, -0.25) is 4.79 Å². The van der Waals surface area contributed by atoms with Crippen molar-refractivity contribution in [3.05, 3.63) is 36.0 Å². The minimum absolute atomic E-state index is 0.00653. The second-order valence-corrected chi connectivity index (χ2v) is 6.76. The van der Waals surface area contributed by atoms with Gasteiger partial charge in [0.15, 0.2) is 5.78 Å². The Morgan fingerprint density at radius 2 is 1.68 bits per heavy atom. The zero-order valence-corrected chi connectivity index (χ0v) is 14.2. The number of ether oxygens (including phenoxy) is 1. The van der Waals surface area contributed by atoms with Crippen LogP contribution in [0.4, 0.5) is 4.79 Å². The molecule has 2 aliphatic heterocycles. The van der Waals surface area contributed by atoms with Crippen LogP contribution in [-0.2, 0) is 4.74 Å². The van der Waals surface area contributed by atoms with Gasteiger partial charge in [0.2, 0.25) is 0 Å². The van der Waals surface area contributed by atoms with Gasteiger partial charge in [-0.15, -0.1) is 0 Å². The molecule has 2 aliphatic rings. The van der Waals surface area contributed by atoms with Crippen LogP contribution in [0.2, 0.25) is 0 Å². The lowest BCUT2D eigenvalue weighted by Gasteiger charge is -2.36. The number of urea groups is 1. The van der Waals surface area contributed by atoms with Gasteiger partial charge in [0.1, 0.15) is 0 Å². The summed E-state index contributed by atoms with van der Waals surface area (Å²) in [5.41, 5.74) is 1.76. The Morgan fingerprint density at radius 1 is 1.00 bits per heavy atom. The number of Topliss-reactive ketones (excluding diaryl/α,β-unsaturated/α-hetero) is 1. The van der Waals surface area contributed by atoms with Gasteiger partial charge in [0, 0.05) is 54.8 Å². The third-order valence-corrected chi connectivity index (χ3v) is 5.27. The van der Waals surface area contributed by atoms with Crippen LogP contribution in [-0.4, -0.2) is 66.0 Å². The molecule has 0 spiro atoms. The number of rotatable bonds is 2. The molecule has 3 heterocycles. The number of carbonyl (C=O) groups is 2. The fourth-order valence-corrected chi connectivity index (χ4v) is 3.78. The molecule has 2 aromatic rings. The van der Waals surface area contributed by atoms with E-state index in [0.717, 1.165) is 29.3 Å². The lowest BCUT2D eigenvalue weighted by atomic mass is 9.89. The number of piperidine rings is 1. The maximum atomic E-state index is 12.9. The van der Waals surface area contributed by atoms with E-state index in [1.165, 1.54) is 0 Å². The molecule has 0 saturated carbocycles. The van der Waals surface area contributed by atoms with Crippen LogP contribution < -0.4 is 0 Å². The predicted octanol–water partition coefficient (Wildman–Crippen LogP) is 2.51. The van der Waals surface area contributed by atoms with Crippen LogP contribution in [0.25, 0.3) is 10.9 Å². The van der Waals surface area contributed by atoms with Gasteiger partial charge in [-0.1, -0.05) is 18.2 Å². The Morgan fingerprint density at radius 3 is 2.44 bits per heavy atom. The van der Waals surface area contributed by atoms with Gasteiger partial charge in [0.05, 0.1) is 13.2 Å². The van der Waals surface area contributed by atoms with E-state index in [4.69, 9.17) is 4.74 Å². The predicted molar refractivity (Wildman–Crippen MR) is 94.7 cm³/mol. The first-order chi connectivity index (χ1) is 12.2. The topological polar surface area (TPSA) is 65.6 Å². The number of hydrogen-bond donors (Lipinski definition) is 1. The first-order valence-electron chi connectivity index (χ1n) is 8.96. The zero-order chi connectivity index (χ0) is 17.2. The molecule has 0 aliphatic carbocycles. The molecule has 2 amide bonds. The molecule has 6 nitrogen and oxygen atoms in total. The molecule has 1 aromatic heterocycles. The minimum Gasteiger partial charge on any atom is -0.378 e. The summed E-state index contributed by atoms with van der Waals surface area (Å²) < 4.78 is 5.30. The van der Waals surface area contributed by atoms with Crippen LogP contribution in [0.5, 0.6) is 0 Å². The highest BCUT2D eigenvalue weighted by atomic mass is 16.5. The number of para-hydroxylation sites is 1. The molecular formula is C19H23N3O3. The minimum atomic E-state index is -0.00653. The van der Waals surface area contributed by atoms with E-state index in [-0.39, 0.29) is 17.7 Å².